The van der Waals surface area contributed by atoms with Crippen molar-refractivity contribution in [3.63, 3.8) is 0 Å². The SMILES string of the molecule is C=CC[C@@H](NC(=O)[C@@H]1CCCN1C(=O)[C@H](CCC(=O)N1CCC1=O)NC(=O)OC(C)(C)C)C(=O)NS(=O)(=O)C1CC1. The fourth-order valence-corrected chi connectivity index (χ4v) is 5.88. The average Bonchev–Trinajstić information content (AvgIpc) is 3.61. The minimum absolute atomic E-state index is 0.0431. The summed E-state index contributed by atoms with van der Waals surface area (Å²) in [5, 5.41) is 4.39. The van der Waals surface area contributed by atoms with Crippen LogP contribution in [0.2, 0.25) is 0 Å². The molecule has 3 fully saturated rings. The fourth-order valence-electron chi connectivity index (χ4n) is 4.53. The number of β-lactam (4-membered cyclic amide) rings is 1. The van der Waals surface area contributed by atoms with E-state index in [1.807, 2.05) is 4.72 Å². The van der Waals surface area contributed by atoms with Gasteiger partial charge < -0.3 is 20.3 Å². The molecule has 0 radical (unpaired) electrons. The van der Waals surface area contributed by atoms with Gasteiger partial charge in [0.1, 0.15) is 23.7 Å². The van der Waals surface area contributed by atoms with Crippen molar-refractivity contribution in [1.82, 2.24) is 25.2 Å². The molecule has 0 spiro atoms. The Bertz CT molecular complexity index is 1190. The number of amides is 6. The number of hydrogen-bond donors (Lipinski definition) is 3. The zero-order valence-corrected chi connectivity index (χ0v) is 24.5. The highest BCUT2D eigenvalue weighted by molar-refractivity contribution is 7.90. The number of rotatable bonds is 12. The van der Waals surface area contributed by atoms with Gasteiger partial charge in [-0.2, -0.15) is 0 Å². The second-order valence-corrected chi connectivity index (χ2v) is 13.4. The molecule has 0 aromatic heterocycles. The van der Waals surface area contributed by atoms with Gasteiger partial charge in [0, 0.05) is 25.9 Å². The zero-order chi connectivity index (χ0) is 30.5. The first-order valence-corrected chi connectivity index (χ1v) is 15.3. The topological polar surface area (TPSA) is 188 Å². The summed E-state index contributed by atoms with van der Waals surface area (Å²) in [4.78, 5) is 78.5. The molecule has 15 heteroatoms. The molecule has 3 N–H and O–H groups in total. The monoisotopic (exact) mass is 597 g/mol. The summed E-state index contributed by atoms with van der Waals surface area (Å²) in [7, 11) is -3.84. The molecule has 1 aliphatic carbocycles. The Hall–Kier alpha value is -3.49. The van der Waals surface area contributed by atoms with Crippen molar-refractivity contribution in [2.24, 2.45) is 0 Å². The van der Waals surface area contributed by atoms with Gasteiger partial charge in [0.05, 0.1) is 5.25 Å². The van der Waals surface area contributed by atoms with Crippen LogP contribution in [0.4, 0.5) is 4.79 Å². The molecule has 2 heterocycles. The maximum Gasteiger partial charge on any atom is 0.408 e. The van der Waals surface area contributed by atoms with Crippen molar-refractivity contribution >= 4 is 45.7 Å². The molecule has 41 heavy (non-hydrogen) atoms. The number of carbonyl (C=O) groups excluding carboxylic acids is 6. The minimum Gasteiger partial charge on any atom is -0.444 e. The molecule has 2 saturated heterocycles. The minimum atomic E-state index is -3.84. The third-order valence-corrected chi connectivity index (χ3v) is 8.70. The van der Waals surface area contributed by atoms with E-state index in [0.29, 0.717) is 25.8 Å². The van der Waals surface area contributed by atoms with E-state index in [1.54, 1.807) is 20.8 Å². The van der Waals surface area contributed by atoms with E-state index in [1.165, 1.54) is 11.0 Å². The number of imide groups is 1. The summed E-state index contributed by atoms with van der Waals surface area (Å²) in [6, 6.07) is -3.46. The molecule has 0 aromatic carbocycles. The number of carbonyl (C=O) groups is 6. The third-order valence-electron chi connectivity index (χ3n) is 6.87. The zero-order valence-electron chi connectivity index (χ0n) is 23.6. The molecule has 2 aliphatic heterocycles. The van der Waals surface area contributed by atoms with Crippen LogP contribution in [0.3, 0.4) is 0 Å². The average molecular weight is 598 g/mol. The fraction of sp³-hybridized carbons (Fsp3) is 0.692. The Morgan fingerprint density at radius 1 is 1.07 bits per heavy atom. The van der Waals surface area contributed by atoms with Crippen LogP contribution >= 0.6 is 0 Å². The molecular weight excluding hydrogens is 558 g/mol. The van der Waals surface area contributed by atoms with Crippen LogP contribution in [0.25, 0.3) is 0 Å². The number of likely N-dealkylation sites (tertiary alicyclic amines) is 2. The standard InChI is InChI=1S/C26H39N5O9S/c1-5-7-17(22(34)29-41(38,39)16-9-10-16)27-23(35)19-8-6-14-30(19)24(36)18(28-25(37)40-26(2,3)4)11-12-20(32)31-15-13-21(31)33/h5,16-19H,1,6-15H2,2-4H3,(H,27,35)(H,28,37)(H,29,34)/t17-,18+,19+/m1/s1. The number of alkyl carbamates (subject to hydrolysis) is 1. The highest BCUT2D eigenvalue weighted by atomic mass is 32.2. The number of nitrogens with zero attached hydrogens (tertiary/aromatic N) is 2. The Morgan fingerprint density at radius 2 is 1.76 bits per heavy atom. The van der Waals surface area contributed by atoms with Gasteiger partial charge in [-0.25, -0.2) is 13.2 Å². The third kappa shape index (κ3) is 8.75. The van der Waals surface area contributed by atoms with Gasteiger partial charge in [0.15, 0.2) is 0 Å². The van der Waals surface area contributed by atoms with E-state index in [9.17, 15) is 37.2 Å². The lowest BCUT2D eigenvalue weighted by molar-refractivity contribution is -0.152. The van der Waals surface area contributed by atoms with E-state index in [2.05, 4.69) is 17.2 Å². The van der Waals surface area contributed by atoms with Crippen molar-refractivity contribution in [1.29, 1.82) is 0 Å². The Morgan fingerprint density at radius 3 is 2.29 bits per heavy atom. The molecular formula is C26H39N5O9S. The van der Waals surface area contributed by atoms with Crippen LogP contribution in [0.5, 0.6) is 0 Å². The normalized spacial score (nSPS) is 20.4. The second kappa shape index (κ2) is 13.0. The van der Waals surface area contributed by atoms with E-state index in [0.717, 1.165) is 4.90 Å². The summed E-state index contributed by atoms with van der Waals surface area (Å²) in [5.41, 5.74) is -0.860. The van der Waals surface area contributed by atoms with Gasteiger partial charge in [-0.3, -0.25) is 33.6 Å². The maximum absolute atomic E-state index is 13.6. The highest BCUT2D eigenvalue weighted by Crippen LogP contribution is 2.27. The predicted molar refractivity (Wildman–Crippen MR) is 145 cm³/mol. The summed E-state index contributed by atoms with van der Waals surface area (Å²) in [6.45, 7) is 8.98. The predicted octanol–water partition coefficient (Wildman–Crippen LogP) is 0.0791. The van der Waals surface area contributed by atoms with Crippen LogP contribution in [0.1, 0.15) is 72.1 Å². The number of hydrogen-bond acceptors (Lipinski definition) is 9. The molecule has 0 aromatic rings. The first kappa shape index (κ1) is 32.0. The van der Waals surface area contributed by atoms with Crippen LogP contribution < -0.4 is 15.4 Å². The number of nitrogens with one attached hydrogen (secondary N) is 3. The summed E-state index contributed by atoms with van der Waals surface area (Å²) in [6.07, 6.45) is 2.02. The summed E-state index contributed by atoms with van der Waals surface area (Å²) in [5.74, 6) is -2.97. The van der Waals surface area contributed by atoms with Crippen LogP contribution in [-0.2, 0) is 38.7 Å². The van der Waals surface area contributed by atoms with E-state index in [4.69, 9.17) is 4.74 Å². The lowest BCUT2D eigenvalue weighted by Crippen LogP contribution is -2.57. The quantitative estimate of drug-likeness (QED) is 0.207. The molecule has 3 aliphatic rings. The largest absolute Gasteiger partial charge is 0.444 e. The second-order valence-electron chi connectivity index (χ2n) is 11.4. The van der Waals surface area contributed by atoms with Gasteiger partial charge in [-0.15, -0.1) is 6.58 Å². The molecule has 0 bridgehead atoms. The van der Waals surface area contributed by atoms with E-state index in [-0.39, 0.29) is 44.6 Å². The van der Waals surface area contributed by atoms with Crippen LogP contribution in [0, 0.1) is 0 Å². The van der Waals surface area contributed by atoms with Crippen LogP contribution in [-0.4, -0.2) is 95.9 Å². The van der Waals surface area contributed by atoms with Crippen LogP contribution in [0.15, 0.2) is 12.7 Å². The molecule has 228 valence electrons. The number of ether oxygens (including phenoxy) is 1. The van der Waals surface area contributed by atoms with Crippen molar-refractivity contribution in [2.45, 2.75) is 101 Å². The first-order valence-electron chi connectivity index (χ1n) is 13.7. The lowest BCUT2D eigenvalue weighted by Gasteiger charge is -2.31. The van der Waals surface area contributed by atoms with Gasteiger partial charge in [0.2, 0.25) is 33.7 Å². The molecule has 0 unspecified atom stereocenters. The highest BCUT2D eigenvalue weighted by Gasteiger charge is 2.41. The van der Waals surface area contributed by atoms with Crippen molar-refractivity contribution < 1.29 is 41.9 Å². The molecule has 6 amide bonds. The smallest absolute Gasteiger partial charge is 0.408 e. The molecule has 3 atom stereocenters. The first-order chi connectivity index (χ1) is 19.1. The molecule has 14 nitrogen and oxygen atoms in total. The Labute approximate surface area is 239 Å². The van der Waals surface area contributed by atoms with Crippen molar-refractivity contribution in [3.05, 3.63) is 12.7 Å². The molecule has 1 saturated carbocycles. The van der Waals surface area contributed by atoms with E-state index >= 15 is 0 Å². The molecule has 3 rings (SSSR count). The number of sulfonamides is 1. The Kier molecular flexibility index (Phi) is 10.2. The Balaban J connectivity index is 1.70. The van der Waals surface area contributed by atoms with Crippen molar-refractivity contribution in [3.8, 4) is 0 Å². The summed E-state index contributed by atoms with van der Waals surface area (Å²) < 4.78 is 31.7. The van der Waals surface area contributed by atoms with E-state index < -0.39 is 68.7 Å². The van der Waals surface area contributed by atoms with Gasteiger partial charge in [-0.05, 0) is 59.3 Å². The van der Waals surface area contributed by atoms with Gasteiger partial charge >= 0.3 is 6.09 Å². The van der Waals surface area contributed by atoms with Crippen molar-refractivity contribution in [2.75, 3.05) is 13.1 Å². The lowest BCUT2D eigenvalue weighted by atomic mass is 10.1. The van der Waals surface area contributed by atoms with Gasteiger partial charge in [-0.1, -0.05) is 6.08 Å². The summed E-state index contributed by atoms with van der Waals surface area (Å²) >= 11 is 0. The maximum atomic E-state index is 13.6. The van der Waals surface area contributed by atoms with Gasteiger partial charge in [0.25, 0.3) is 5.91 Å².